The Labute approximate surface area is 62.2 Å². The Hall–Kier alpha value is 0.620. The first-order valence-electron chi connectivity index (χ1n) is 2.79. The third-order valence-corrected chi connectivity index (χ3v) is 2.73. The molecule has 0 aromatic heterocycles. The van der Waals surface area contributed by atoms with Crippen LogP contribution in [0.5, 0.6) is 0 Å². The van der Waals surface area contributed by atoms with Gasteiger partial charge in [-0.25, -0.2) is 4.39 Å². The molecule has 1 rings (SSSR count). The lowest BCUT2D eigenvalue weighted by molar-refractivity contribution is 0.282. The maximum Gasteiger partial charge on any atom is 0.124 e. The maximum atomic E-state index is 12.5. The molecule has 1 fully saturated rings. The van der Waals surface area contributed by atoms with Crippen LogP contribution in [0.2, 0.25) is 0 Å². The molecule has 0 saturated carbocycles. The molecule has 0 amide bonds. The van der Waals surface area contributed by atoms with Gasteiger partial charge in [-0.3, -0.25) is 0 Å². The third kappa shape index (κ3) is 1.55. The van der Waals surface area contributed by atoms with Crippen molar-refractivity contribution in [2.45, 2.75) is 16.5 Å². The molecule has 48 valence electrons. The van der Waals surface area contributed by atoms with E-state index in [1.807, 2.05) is 0 Å². The average molecular weight is 229 g/mol. The van der Waals surface area contributed by atoms with Crippen molar-refractivity contribution in [1.29, 1.82) is 0 Å². The minimum absolute atomic E-state index is 0.244. The molecule has 1 saturated heterocycles. The zero-order valence-corrected chi connectivity index (χ0v) is 6.69. The van der Waals surface area contributed by atoms with Gasteiger partial charge >= 0.3 is 0 Å². The summed E-state index contributed by atoms with van der Waals surface area (Å²) < 4.78 is 12.8. The highest BCUT2D eigenvalue weighted by Gasteiger charge is 2.20. The van der Waals surface area contributed by atoms with Crippen molar-refractivity contribution in [2.24, 2.45) is 0 Å². The molecule has 1 N–H and O–H groups in total. The minimum atomic E-state index is -0.621. The van der Waals surface area contributed by atoms with Crippen LogP contribution in [0.1, 0.15) is 6.42 Å². The summed E-state index contributed by atoms with van der Waals surface area (Å²) in [5.74, 6) is 0. The summed E-state index contributed by atoms with van der Waals surface area (Å²) in [7, 11) is 0. The van der Waals surface area contributed by atoms with Crippen LogP contribution in [0.15, 0.2) is 0 Å². The number of alkyl halides is 2. The third-order valence-electron chi connectivity index (χ3n) is 1.33. The molecule has 0 aromatic rings. The molecule has 1 heterocycles. The molecule has 1 nitrogen and oxygen atoms in total. The van der Waals surface area contributed by atoms with Gasteiger partial charge in [0.25, 0.3) is 0 Å². The molecular formula is C5H9FIN. The van der Waals surface area contributed by atoms with Crippen LogP contribution < -0.4 is 5.32 Å². The lowest BCUT2D eigenvalue weighted by atomic mass is 10.1. The first-order valence-corrected chi connectivity index (χ1v) is 4.04. The molecule has 3 heteroatoms. The topological polar surface area (TPSA) is 12.0 Å². The molecule has 8 heavy (non-hydrogen) atoms. The molecule has 1 aliphatic heterocycles. The zero-order chi connectivity index (χ0) is 5.98. The summed E-state index contributed by atoms with van der Waals surface area (Å²) in [6, 6.07) is 0. The van der Waals surface area contributed by atoms with Gasteiger partial charge in [0.15, 0.2) is 0 Å². The highest BCUT2D eigenvalue weighted by atomic mass is 127. The number of rotatable bonds is 0. The van der Waals surface area contributed by atoms with Crippen LogP contribution >= 0.6 is 22.6 Å². The number of nitrogens with one attached hydrogen (secondary N) is 1. The highest BCUT2D eigenvalue weighted by molar-refractivity contribution is 14.1. The predicted molar refractivity (Wildman–Crippen MR) is 40.2 cm³/mol. The van der Waals surface area contributed by atoms with Crippen LogP contribution in [-0.2, 0) is 0 Å². The maximum absolute atomic E-state index is 12.5. The van der Waals surface area contributed by atoms with Gasteiger partial charge in [0, 0.05) is 10.5 Å². The summed E-state index contributed by atoms with van der Waals surface area (Å²) in [5, 5.41) is 2.99. The Bertz CT molecular complexity index is 68.8. The Morgan fingerprint density at radius 1 is 1.62 bits per heavy atom. The lowest BCUT2D eigenvalue weighted by Gasteiger charge is -2.21. The Balaban J connectivity index is 2.28. The predicted octanol–water partition coefficient (Wildman–Crippen LogP) is 1.12. The second kappa shape index (κ2) is 2.96. The molecule has 0 aliphatic carbocycles. The minimum Gasteiger partial charge on any atom is -0.314 e. The fraction of sp³-hybridized carbons (Fsp3) is 1.00. The van der Waals surface area contributed by atoms with Gasteiger partial charge in [-0.05, 0) is 13.0 Å². The van der Waals surface area contributed by atoms with Crippen molar-refractivity contribution in [3.8, 4) is 0 Å². The van der Waals surface area contributed by atoms with E-state index < -0.39 is 6.17 Å². The SMILES string of the molecule is FC1CNCCC1I. The molecule has 1 aliphatic rings. The van der Waals surface area contributed by atoms with Crippen LogP contribution in [-0.4, -0.2) is 23.2 Å². The summed E-state index contributed by atoms with van der Waals surface area (Å²) >= 11 is 2.17. The van der Waals surface area contributed by atoms with Crippen molar-refractivity contribution in [1.82, 2.24) is 5.32 Å². The van der Waals surface area contributed by atoms with Gasteiger partial charge in [0.1, 0.15) is 6.17 Å². The van der Waals surface area contributed by atoms with E-state index in [0.29, 0.717) is 6.54 Å². The Morgan fingerprint density at radius 2 is 2.38 bits per heavy atom. The molecule has 2 unspecified atom stereocenters. The summed E-state index contributed by atoms with van der Waals surface area (Å²) in [5.41, 5.74) is 0. The lowest BCUT2D eigenvalue weighted by Crippen LogP contribution is -2.38. The van der Waals surface area contributed by atoms with Crippen LogP contribution in [0.4, 0.5) is 4.39 Å². The summed E-state index contributed by atoms with van der Waals surface area (Å²) in [4.78, 5) is 0. The van der Waals surface area contributed by atoms with Gasteiger partial charge in [-0.1, -0.05) is 22.6 Å². The standard InChI is InChI=1S/C5H9FIN/c6-4-3-8-2-1-5(4)7/h4-5,8H,1-3H2. The van der Waals surface area contributed by atoms with E-state index in [9.17, 15) is 4.39 Å². The van der Waals surface area contributed by atoms with Crippen LogP contribution in [0.25, 0.3) is 0 Å². The fourth-order valence-corrected chi connectivity index (χ4v) is 1.35. The van der Waals surface area contributed by atoms with Gasteiger partial charge in [-0.2, -0.15) is 0 Å². The highest BCUT2D eigenvalue weighted by Crippen LogP contribution is 2.15. The van der Waals surface area contributed by atoms with E-state index >= 15 is 0 Å². The van der Waals surface area contributed by atoms with Crippen molar-refractivity contribution >= 4 is 22.6 Å². The van der Waals surface area contributed by atoms with Gasteiger partial charge in [-0.15, -0.1) is 0 Å². The number of piperidine rings is 1. The molecule has 0 spiro atoms. The monoisotopic (exact) mass is 229 g/mol. The van der Waals surface area contributed by atoms with E-state index in [0.717, 1.165) is 13.0 Å². The van der Waals surface area contributed by atoms with Crippen molar-refractivity contribution in [3.63, 3.8) is 0 Å². The molecule has 2 atom stereocenters. The number of hydrogen-bond acceptors (Lipinski definition) is 1. The largest absolute Gasteiger partial charge is 0.314 e. The van der Waals surface area contributed by atoms with E-state index in [1.165, 1.54) is 0 Å². The Kier molecular flexibility index (Phi) is 2.49. The van der Waals surface area contributed by atoms with E-state index in [4.69, 9.17) is 0 Å². The quantitative estimate of drug-likeness (QED) is 0.484. The zero-order valence-electron chi connectivity index (χ0n) is 4.53. The van der Waals surface area contributed by atoms with Crippen molar-refractivity contribution < 1.29 is 4.39 Å². The molecule has 0 radical (unpaired) electrons. The van der Waals surface area contributed by atoms with Gasteiger partial charge < -0.3 is 5.32 Å². The fourth-order valence-electron chi connectivity index (χ4n) is 0.789. The second-order valence-corrected chi connectivity index (χ2v) is 3.62. The number of hydrogen-bond donors (Lipinski definition) is 1. The van der Waals surface area contributed by atoms with E-state index in [1.54, 1.807) is 0 Å². The average Bonchev–Trinajstić information content (AvgIpc) is 1.77. The van der Waals surface area contributed by atoms with E-state index in [-0.39, 0.29) is 3.92 Å². The Morgan fingerprint density at radius 3 is 2.75 bits per heavy atom. The van der Waals surface area contributed by atoms with E-state index in [2.05, 4.69) is 27.9 Å². The first-order chi connectivity index (χ1) is 3.80. The molecular weight excluding hydrogens is 220 g/mol. The van der Waals surface area contributed by atoms with Gasteiger partial charge in [0.05, 0.1) is 0 Å². The van der Waals surface area contributed by atoms with Crippen LogP contribution in [0, 0.1) is 0 Å². The van der Waals surface area contributed by atoms with Gasteiger partial charge in [0.2, 0.25) is 0 Å². The summed E-state index contributed by atoms with van der Waals surface area (Å²) in [6.45, 7) is 1.53. The molecule has 0 bridgehead atoms. The van der Waals surface area contributed by atoms with Crippen molar-refractivity contribution in [2.75, 3.05) is 13.1 Å². The van der Waals surface area contributed by atoms with Crippen LogP contribution in [0.3, 0.4) is 0 Å². The first kappa shape index (κ1) is 6.74. The normalized spacial score (nSPS) is 39.8. The van der Waals surface area contributed by atoms with Crippen molar-refractivity contribution in [3.05, 3.63) is 0 Å². The smallest absolute Gasteiger partial charge is 0.124 e. The number of halogens is 2. The second-order valence-electron chi connectivity index (χ2n) is 2.02. The molecule has 0 aromatic carbocycles. The summed E-state index contributed by atoms with van der Waals surface area (Å²) in [6.07, 6.45) is 0.353.